The zero-order chi connectivity index (χ0) is 14.5. The third-order valence-electron chi connectivity index (χ3n) is 2.84. The molecule has 6 nitrogen and oxygen atoms in total. The van der Waals surface area contributed by atoms with Crippen LogP contribution in [0.3, 0.4) is 0 Å². The number of carbonyl (C=O) groups is 1. The number of likely N-dealkylation sites (N-methyl/N-ethyl adjacent to an activating group) is 1. The van der Waals surface area contributed by atoms with Crippen molar-refractivity contribution in [1.82, 2.24) is 15.3 Å². The Labute approximate surface area is 116 Å². The van der Waals surface area contributed by atoms with Crippen LogP contribution in [0.15, 0.2) is 22.2 Å². The quantitative estimate of drug-likeness (QED) is 0.457. The fourth-order valence-corrected chi connectivity index (χ4v) is 2.81. The molecule has 0 fully saturated rings. The molecule has 0 radical (unpaired) electrons. The molecule has 2 unspecified atom stereocenters. The molecule has 1 aromatic rings. The summed E-state index contributed by atoms with van der Waals surface area (Å²) in [4.78, 5) is 29.6. The van der Waals surface area contributed by atoms with Crippen LogP contribution in [-0.4, -0.2) is 40.9 Å². The predicted molar refractivity (Wildman–Crippen MR) is 74.3 cm³/mol. The number of hydrogen-bond acceptors (Lipinski definition) is 6. The van der Waals surface area contributed by atoms with Crippen molar-refractivity contribution in [3.05, 3.63) is 22.6 Å². The number of hydrogen-bond donors (Lipinski definition) is 2. The van der Waals surface area contributed by atoms with E-state index in [2.05, 4.69) is 15.3 Å². The molecule has 0 saturated heterocycles. The molecule has 0 aromatic carbocycles. The second-order valence-corrected chi connectivity index (χ2v) is 5.87. The maximum absolute atomic E-state index is 11.7. The number of carbonyl (C=O) groups excluding carboxylic acids is 1. The minimum absolute atomic E-state index is 0.0853. The van der Waals surface area contributed by atoms with Crippen LogP contribution in [-0.2, 0) is 9.53 Å². The Bertz CT molecular complexity index is 491. The lowest BCUT2D eigenvalue weighted by Crippen LogP contribution is -2.49. The van der Waals surface area contributed by atoms with Crippen molar-refractivity contribution in [2.24, 2.45) is 0 Å². The van der Waals surface area contributed by atoms with Gasteiger partial charge in [-0.25, -0.2) is 4.98 Å². The van der Waals surface area contributed by atoms with Crippen molar-refractivity contribution in [2.75, 3.05) is 14.2 Å². The fraction of sp³-hybridized carbons (Fsp3) is 0.583. The summed E-state index contributed by atoms with van der Waals surface area (Å²) in [6.45, 7) is 3.76. The van der Waals surface area contributed by atoms with E-state index in [1.165, 1.54) is 31.1 Å². The lowest BCUT2D eigenvalue weighted by molar-refractivity contribution is -0.147. The number of aromatic nitrogens is 2. The molecule has 0 bridgehead atoms. The maximum atomic E-state index is 11.7. The summed E-state index contributed by atoms with van der Waals surface area (Å²) >= 11 is 1.41. The molecule has 7 heteroatoms. The molecule has 2 atom stereocenters. The van der Waals surface area contributed by atoms with E-state index in [9.17, 15) is 9.59 Å². The Hall–Kier alpha value is -1.34. The number of thioether (sulfide) groups is 1. The van der Waals surface area contributed by atoms with E-state index in [0.717, 1.165) is 0 Å². The first-order valence-corrected chi connectivity index (χ1v) is 6.78. The van der Waals surface area contributed by atoms with Gasteiger partial charge in [-0.3, -0.25) is 9.59 Å². The normalized spacial score (nSPS) is 15.6. The number of ether oxygens (including phenoxy) is 1. The first-order chi connectivity index (χ1) is 8.91. The van der Waals surface area contributed by atoms with Gasteiger partial charge in [0.2, 0.25) is 0 Å². The van der Waals surface area contributed by atoms with Gasteiger partial charge in [-0.05, 0) is 20.4 Å². The summed E-state index contributed by atoms with van der Waals surface area (Å²) in [5.41, 5.74) is -0.940. The van der Waals surface area contributed by atoms with Gasteiger partial charge in [0.1, 0.15) is 5.54 Å². The van der Waals surface area contributed by atoms with Gasteiger partial charge in [0.15, 0.2) is 5.16 Å². The molecule has 0 aliphatic heterocycles. The highest BCUT2D eigenvalue weighted by atomic mass is 32.2. The predicted octanol–water partition coefficient (Wildman–Crippen LogP) is 0.792. The average Bonchev–Trinajstić information content (AvgIpc) is 2.37. The van der Waals surface area contributed by atoms with Crippen LogP contribution in [0.4, 0.5) is 0 Å². The monoisotopic (exact) mass is 285 g/mol. The highest BCUT2D eigenvalue weighted by molar-refractivity contribution is 7.99. The average molecular weight is 285 g/mol. The minimum Gasteiger partial charge on any atom is -0.468 e. The number of esters is 1. The maximum Gasteiger partial charge on any atom is 0.325 e. The van der Waals surface area contributed by atoms with Gasteiger partial charge < -0.3 is 15.0 Å². The number of nitrogens with zero attached hydrogens (tertiary/aromatic N) is 1. The molecular weight excluding hydrogens is 266 g/mol. The van der Waals surface area contributed by atoms with Crippen LogP contribution in [0.25, 0.3) is 0 Å². The Morgan fingerprint density at radius 1 is 1.68 bits per heavy atom. The summed E-state index contributed by atoms with van der Waals surface area (Å²) in [5, 5.41) is 3.61. The molecule has 1 rings (SSSR count). The van der Waals surface area contributed by atoms with Crippen LogP contribution in [0.1, 0.15) is 20.3 Å². The van der Waals surface area contributed by atoms with Gasteiger partial charge in [0, 0.05) is 17.5 Å². The van der Waals surface area contributed by atoms with E-state index in [1.807, 2.05) is 6.92 Å². The topological polar surface area (TPSA) is 84.1 Å². The SMILES string of the molecule is CNC(C)(CC(C)Sc1nccc(=O)[nH]1)C(=O)OC. The lowest BCUT2D eigenvalue weighted by Gasteiger charge is -2.28. The fourth-order valence-electron chi connectivity index (χ4n) is 1.73. The van der Waals surface area contributed by atoms with Crippen molar-refractivity contribution in [3.63, 3.8) is 0 Å². The van der Waals surface area contributed by atoms with Gasteiger partial charge in [0.25, 0.3) is 5.56 Å². The molecule has 0 spiro atoms. The minimum atomic E-state index is -0.754. The summed E-state index contributed by atoms with van der Waals surface area (Å²) < 4.78 is 4.79. The second kappa shape index (κ2) is 6.72. The molecule has 1 aromatic heterocycles. The molecule has 106 valence electrons. The van der Waals surface area contributed by atoms with E-state index < -0.39 is 5.54 Å². The van der Waals surface area contributed by atoms with Crippen LogP contribution < -0.4 is 10.9 Å². The largest absolute Gasteiger partial charge is 0.468 e. The molecule has 0 aliphatic carbocycles. The Morgan fingerprint density at radius 3 is 2.89 bits per heavy atom. The number of aromatic amines is 1. The number of H-pyrrole nitrogens is 1. The molecule has 2 N–H and O–H groups in total. The number of methoxy groups -OCH3 is 1. The van der Waals surface area contributed by atoms with Gasteiger partial charge in [0.05, 0.1) is 7.11 Å². The van der Waals surface area contributed by atoms with Crippen LogP contribution in [0.2, 0.25) is 0 Å². The summed E-state index contributed by atoms with van der Waals surface area (Å²) in [7, 11) is 3.09. The molecule has 0 saturated carbocycles. The molecule has 0 aliphatic rings. The molecular formula is C12H19N3O3S. The summed E-state index contributed by atoms with van der Waals surface area (Å²) in [6.07, 6.45) is 2.02. The van der Waals surface area contributed by atoms with E-state index >= 15 is 0 Å². The molecule has 1 heterocycles. The third-order valence-corrected chi connectivity index (χ3v) is 3.84. The summed E-state index contributed by atoms with van der Waals surface area (Å²) in [6, 6.07) is 1.36. The second-order valence-electron chi connectivity index (χ2n) is 4.45. The van der Waals surface area contributed by atoms with Gasteiger partial charge in [-0.1, -0.05) is 18.7 Å². The first-order valence-electron chi connectivity index (χ1n) is 5.90. The summed E-state index contributed by atoms with van der Waals surface area (Å²) in [5.74, 6) is -0.308. The van der Waals surface area contributed by atoms with E-state index in [1.54, 1.807) is 14.0 Å². The van der Waals surface area contributed by atoms with Crippen molar-refractivity contribution in [2.45, 2.75) is 36.2 Å². The lowest BCUT2D eigenvalue weighted by atomic mass is 9.96. The van der Waals surface area contributed by atoms with E-state index in [-0.39, 0.29) is 16.8 Å². The molecule has 0 amide bonds. The van der Waals surface area contributed by atoms with Gasteiger partial charge >= 0.3 is 5.97 Å². The van der Waals surface area contributed by atoms with Crippen molar-refractivity contribution >= 4 is 17.7 Å². The van der Waals surface area contributed by atoms with Crippen molar-refractivity contribution in [1.29, 1.82) is 0 Å². The first kappa shape index (κ1) is 15.7. The van der Waals surface area contributed by atoms with Crippen LogP contribution in [0.5, 0.6) is 0 Å². The Kier molecular flexibility index (Phi) is 5.56. The standard InChI is InChI=1S/C12H19N3O3S/c1-8(7-12(2,13-3)10(17)18-4)19-11-14-6-5-9(16)15-11/h5-6,8,13H,7H2,1-4H3,(H,14,15,16). The van der Waals surface area contributed by atoms with Crippen molar-refractivity contribution < 1.29 is 9.53 Å². The highest BCUT2D eigenvalue weighted by Gasteiger charge is 2.34. The highest BCUT2D eigenvalue weighted by Crippen LogP contribution is 2.26. The number of rotatable bonds is 6. The third kappa shape index (κ3) is 4.36. The van der Waals surface area contributed by atoms with Gasteiger partial charge in [-0.15, -0.1) is 0 Å². The van der Waals surface area contributed by atoms with Crippen LogP contribution in [0, 0.1) is 0 Å². The zero-order valence-electron chi connectivity index (χ0n) is 11.5. The number of nitrogens with one attached hydrogen (secondary N) is 2. The van der Waals surface area contributed by atoms with Crippen LogP contribution >= 0.6 is 11.8 Å². The Balaban J connectivity index is 2.71. The van der Waals surface area contributed by atoms with E-state index in [4.69, 9.17) is 4.74 Å². The molecule has 19 heavy (non-hydrogen) atoms. The van der Waals surface area contributed by atoms with E-state index in [0.29, 0.717) is 11.6 Å². The zero-order valence-corrected chi connectivity index (χ0v) is 12.3. The smallest absolute Gasteiger partial charge is 0.325 e. The van der Waals surface area contributed by atoms with Gasteiger partial charge in [-0.2, -0.15) is 0 Å². The Morgan fingerprint density at radius 2 is 2.37 bits per heavy atom. The van der Waals surface area contributed by atoms with Crippen molar-refractivity contribution in [3.8, 4) is 0 Å².